The zero-order valence-corrected chi connectivity index (χ0v) is 12.3. The summed E-state index contributed by atoms with van der Waals surface area (Å²) in [5.41, 5.74) is 7.34. The van der Waals surface area contributed by atoms with Gasteiger partial charge in [0.25, 0.3) is 0 Å². The van der Waals surface area contributed by atoms with Gasteiger partial charge in [-0.05, 0) is 24.1 Å². The van der Waals surface area contributed by atoms with Gasteiger partial charge in [0.15, 0.2) is 0 Å². The molecule has 5 nitrogen and oxygen atoms in total. The van der Waals surface area contributed by atoms with Crippen LogP contribution in [0.25, 0.3) is 0 Å². The Kier molecular flexibility index (Phi) is 6.18. The lowest BCUT2D eigenvalue weighted by Gasteiger charge is -2.11. The zero-order valence-electron chi connectivity index (χ0n) is 12.3. The number of carbonyl (C=O) groups excluding carboxylic acids is 2. The Morgan fingerprint density at radius 3 is 2.25 bits per heavy atom. The van der Waals surface area contributed by atoms with Gasteiger partial charge < -0.3 is 16.4 Å². The van der Waals surface area contributed by atoms with Crippen LogP contribution in [0.4, 0.5) is 5.69 Å². The molecule has 110 valence electrons. The second-order valence-electron chi connectivity index (χ2n) is 5.07. The molecular weight excluding hydrogens is 254 g/mol. The molecule has 1 rings (SSSR count). The summed E-state index contributed by atoms with van der Waals surface area (Å²) in [6.45, 7) is 5.99. The normalized spacial score (nSPS) is 12.1. The van der Waals surface area contributed by atoms with Crippen molar-refractivity contribution in [1.82, 2.24) is 5.32 Å². The first kappa shape index (κ1) is 16.2. The van der Waals surface area contributed by atoms with E-state index in [9.17, 15) is 9.59 Å². The van der Waals surface area contributed by atoms with Crippen molar-refractivity contribution in [1.29, 1.82) is 0 Å². The Balaban J connectivity index is 2.51. The molecule has 0 aromatic heterocycles. The van der Waals surface area contributed by atoms with Gasteiger partial charge in [-0.3, -0.25) is 9.59 Å². The zero-order chi connectivity index (χ0) is 15.1. The summed E-state index contributed by atoms with van der Waals surface area (Å²) >= 11 is 0. The molecule has 0 fully saturated rings. The molecular formula is C15H23N3O2. The van der Waals surface area contributed by atoms with Crippen LogP contribution in [-0.2, 0) is 16.1 Å². The molecule has 5 heteroatoms. The highest BCUT2D eigenvalue weighted by molar-refractivity contribution is 5.92. The molecule has 1 aromatic carbocycles. The van der Waals surface area contributed by atoms with E-state index in [1.807, 2.05) is 45.0 Å². The molecule has 0 heterocycles. The van der Waals surface area contributed by atoms with Crippen molar-refractivity contribution in [2.24, 2.45) is 11.7 Å². The van der Waals surface area contributed by atoms with Crippen LogP contribution in [0.1, 0.15) is 32.8 Å². The van der Waals surface area contributed by atoms with E-state index in [-0.39, 0.29) is 17.7 Å². The lowest BCUT2D eigenvalue weighted by molar-refractivity contribution is -0.122. The van der Waals surface area contributed by atoms with Gasteiger partial charge in [-0.1, -0.05) is 32.9 Å². The van der Waals surface area contributed by atoms with Crippen LogP contribution < -0.4 is 16.4 Å². The highest BCUT2D eigenvalue weighted by Crippen LogP contribution is 2.11. The van der Waals surface area contributed by atoms with E-state index >= 15 is 0 Å². The Morgan fingerprint density at radius 2 is 1.75 bits per heavy atom. The maximum Gasteiger partial charge on any atom is 0.237 e. The van der Waals surface area contributed by atoms with Gasteiger partial charge in [0.05, 0.1) is 6.04 Å². The first-order valence-corrected chi connectivity index (χ1v) is 6.87. The molecule has 0 bridgehead atoms. The average Bonchev–Trinajstić information content (AvgIpc) is 2.45. The lowest BCUT2D eigenvalue weighted by atomic mass is 10.1. The summed E-state index contributed by atoms with van der Waals surface area (Å²) in [6, 6.07) is 6.92. The quantitative estimate of drug-likeness (QED) is 0.739. The predicted molar refractivity (Wildman–Crippen MR) is 80.0 cm³/mol. The van der Waals surface area contributed by atoms with Crippen molar-refractivity contribution in [3.8, 4) is 0 Å². The first-order valence-electron chi connectivity index (χ1n) is 6.87. The van der Waals surface area contributed by atoms with Crippen LogP contribution >= 0.6 is 0 Å². The fourth-order valence-electron chi connectivity index (χ4n) is 1.50. The fraction of sp³-hybridized carbons (Fsp3) is 0.467. The third-order valence-electron chi connectivity index (χ3n) is 2.99. The third kappa shape index (κ3) is 5.01. The number of nitrogens with one attached hydrogen (secondary N) is 2. The van der Waals surface area contributed by atoms with Crippen molar-refractivity contribution in [3.05, 3.63) is 29.8 Å². The third-order valence-corrected chi connectivity index (χ3v) is 2.99. The number of amides is 2. The molecule has 0 saturated heterocycles. The molecule has 1 aromatic rings. The first-order chi connectivity index (χ1) is 9.43. The number of hydrogen-bond donors (Lipinski definition) is 3. The second kappa shape index (κ2) is 7.65. The molecule has 0 aliphatic heterocycles. The van der Waals surface area contributed by atoms with Crippen LogP contribution in [0.2, 0.25) is 0 Å². The molecule has 0 aliphatic carbocycles. The largest absolute Gasteiger partial charge is 0.351 e. The molecule has 4 N–H and O–H groups in total. The topological polar surface area (TPSA) is 84.2 Å². The van der Waals surface area contributed by atoms with E-state index in [4.69, 9.17) is 5.73 Å². The van der Waals surface area contributed by atoms with E-state index < -0.39 is 6.04 Å². The van der Waals surface area contributed by atoms with Gasteiger partial charge in [0.1, 0.15) is 0 Å². The van der Waals surface area contributed by atoms with Gasteiger partial charge in [0.2, 0.25) is 11.8 Å². The van der Waals surface area contributed by atoms with E-state index in [0.717, 1.165) is 11.3 Å². The molecule has 1 atom stereocenters. The van der Waals surface area contributed by atoms with Crippen LogP contribution in [-0.4, -0.2) is 17.9 Å². The SMILES string of the molecule is CCC(N)C(=O)NCc1ccc(NC(=O)C(C)C)cc1. The van der Waals surface area contributed by atoms with E-state index in [1.54, 1.807) is 0 Å². The summed E-state index contributed by atoms with van der Waals surface area (Å²) in [5.74, 6) is -0.214. The number of benzene rings is 1. The number of hydrogen-bond acceptors (Lipinski definition) is 3. The Hall–Kier alpha value is -1.88. The summed E-state index contributed by atoms with van der Waals surface area (Å²) < 4.78 is 0. The summed E-state index contributed by atoms with van der Waals surface area (Å²) in [6.07, 6.45) is 0.617. The lowest BCUT2D eigenvalue weighted by Crippen LogP contribution is -2.39. The van der Waals surface area contributed by atoms with Crippen molar-refractivity contribution >= 4 is 17.5 Å². The standard InChI is InChI=1S/C15H23N3O2/c1-4-13(16)15(20)17-9-11-5-7-12(8-6-11)18-14(19)10(2)3/h5-8,10,13H,4,9,16H2,1-3H3,(H,17,20)(H,18,19). The maximum absolute atomic E-state index is 11.5. The fourth-order valence-corrected chi connectivity index (χ4v) is 1.50. The van der Waals surface area contributed by atoms with Crippen molar-refractivity contribution in [2.75, 3.05) is 5.32 Å². The van der Waals surface area contributed by atoms with Gasteiger partial charge in [0, 0.05) is 18.2 Å². The molecule has 0 radical (unpaired) electrons. The van der Waals surface area contributed by atoms with Crippen molar-refractivity contribution in [2.45, 2.75) is 39.8 Å². The molecule has 1 unspecified atom stereocenters. The van der Waals surface area contributed by atoms with Crippen LogP contribution in [0.3, 0.4) is 0 Å². The monoisotopic (exact) mass is 277 g/mol. The smallest absolute Gasteiger partial charge is 0.237 e. The van der Waals surface area contributed by atoms with E-state index in [2.05, 4.69) is 10.6 Å². The van der Waals surface area contributed by atoms with E-state index in [0.29, 0.717) is 13.0 Å². The minimum atomic E-state index is -0.459. The summed E-state index contributed by atoms with van der Waals surface area (Å²) in [7, 11) is 0. The van der Waals surface area contributed by atoms with Crippen LogP contribution in [0.5, 0.6) is 0 Å². The highest BCUT2D eigenvalue weighted by Gasteiger charge is 2.10. The molecule has 20 heavy (non-hydrogen) atoms. The number of rotatable bonds is 6. The van der Waals surface area contributed by atoms with Gasteiger partial charge in [-0.25, -0.2) is 0 Å². The minimum absolute atomic E-state index is 0.0139. The maximum atomic E-state index is 11.5. The molecule has 2 amide bonds. The summed E-state index contributed by atoms with van der Waals surface area (Å²) in [4.78, 5) is 23.1. The van der Waals surface area contributed by atoms with Crippen molar-refractivity contribution < 1.29 is 9.59 Å². The van der Waals surface area contributed by atoms with Gasteiger partial charge in [-0.15, -0.1) is 0 Å². The number of carbonyl (C=O) groups is 2. The Labute approximate surface area is 119 Å². The van der Waals surface area contributed by atoms with E-state index in [1.165, 1.54) is 0 Å². The Morgan fingerprint density at radius 1 is 1.15 bits per heavy atom. The van der Waals surface area contributed by atoms with Crippen LogP contribution in [0.15, 0.2) is 24.3 Å². The minimum Gasteiger partial charge on any atom is -0.351 e. The second-order valence-corrected chi connectivity index (χ2v) is 5.07. The predicted octanol–water partition coefficient (Wildman–Crippen LogP) is 1.63. The molecule has 0 aliphatic rings. The van der Waals surface area contributed by atoms with Crippen LogP contribution in [0, 0.1) is 5.92 Å². The van der Waals surface area contributed by atoms with Crippen molar-refractivity contribution in [3.63, 3.8) is 0 Å². The average molecular weight is 277 g/mol. The molecule has 0 saturated carbocycles. The van der Waals surface area contributed by atoms with Gasteiger partial charge in [-0.2, -0.15) is 0 Å². The number of nitrogens with two attached hydrogens (primary N) is 1. The summed E-state index contributed by atoms with van der Waals surface area (Å²) in [5, 5.41) is 5.59. The molecule has 0 spiro atoms. The highest BCUT2D eigenvalue weighted by atomic mass is 16.2. The number of anilines is 1. The Bertz CT molecular complexity index is 455. The van der Waals surface area contributed by atoms with Gasteiger partial charge >= 0.3 is 0 Å².